The van der Waals surface area contributed by atoms with Crippen molar-refractivity contribution in [1.82, 2.24) is 0 Å². The van der Waals surface area contributed by atoms with Crippen molar-refractivity contribution < 1.29 is 31.5 Å². The average Bonchev–Trinajstić information content (AvgIpc) is 2.35. The average molecular weight is 294 g/mol. The Morgan fingerprint density at radius 3 is 2.15 bits per heavy atom. The molecule has 0 bridgehead atoms. The van der Waals surface area contributed by atoms with Gasteiger partial charge < -0.3 is 4.74 Å². The van der Waals surface area contributed by atoms with Crippen molar-refractivity contribution in [3.8, 4) is 0 Å². The number of esters is 1. The van der Waals surface area contributed by atoms with Gasteiger partial charge in [-0.15, -0.1) is 0 Å². The standard InChI is InChI=1S/C13H11F5O2/c1-2-10(8-9-6-4-3-5-7-9)11(19)20-13(17,18)12(14,15)16/h2-7H,8H2,1H3. The van der Waals surface area contributed by atoms with E-state index in [1.165, 1.54) is 6.92 Å². The number of alkyl halides is 5. The van der Waals surface area contributed by atoms with Crippen LogP contribution in [0.1, 0.15) is 12.5 Å². The highest BCUT2D eigenvalue weighted by atomic mass is 19.4. The largest absolute Gasteiger partial charge is 0.501 e. The van der Waals surface area contributed by atoms with Crippen LogP contribution in [-0.2, 0) is 16.0 Å². The SMILES string of the molecule is CC=C(Cc1ccccc1)C(=O)OC(F)(F)C(F)(F)F. The molecule has 0 fully saturated rings. The molecule has 0 amide bonds. The zero-order valence-corrected chi connectivity index (χ0v) is 10.4. The minimum atomic E-state index is -5.94. The molecule has 0 unspecified atom stereocenters. The molecule has 0 saturated heterocycles. The third kappa shape index (κ3) is 4.04. The molecular weight excluding hydrogens is 283 g/mol. The molecule has 0 spiro atoms. The molecule has 0 aromatic heterocycles. The van der Waals surface area contributed by atoms with Crippen LogP contribution in [0.25, 0.3) is 0 Å². The van der Waals surface area contributed by atoms with Crippen LogP contribution in [0, 0.1) is 0 Å². The normalized spacial score (nSPS) is 13.2. The van der Waals surface area contributed by atoms with Crippen molar-refractivity contribution in [1.29, 1.82) is 0 Å². The number of hydrogen-bond acceptors (Lipinski definition) is 2. The van der Waals surface area contributed by atoms with Crippen molar-refractivity contribution in [3.63, 3.8) is 0 Å². The molecule has 0 aliphatic carbocycles. The van der Waals surface area contributed by atoms with Gasteiger partial charge in [0.05, 0.1) is 0 Å². The summed E-state index contributed by atoms with van der Waals surface area (Å²) in [7, 11) is 0. The van der Waals surface area contributed by atoms with Gasteiger partial charge in [0.15, 0.2) is 0 Å². The monoisotopic (exact) mass is 294 g/mol. The molecule has 0 aliphatic rings. The maximum atomic E-state index is 12.6. The van der Waals surface area contributed by atoms with Crippen molar-refractivity contribution in [2.75, 3.05) is 0 Å². The predicted octanol–water partition coefficient (Wildman–Crippen LogP) is 3.87. The molecule has 1 aromatic rings. The summed E-state index contributed by atoms with van der Waals surface area (Å²) in [5.74, 6) is -1.70. The maximum absolute atomic E-state index is 12.6. The zero-order valence-electron chi connectivity index (χ0n) is 10.4. The van der Waals surface area contributed by atoms with Crippen molar-refractivity contribution in [2.45, 2.75) is 25.6 Å². The van der Waals surface area contributed by atoms with Gasteiger partial charge in [0.2, 0.25) is 0 Å². The van der Waals surface area contributed by atoms with Crippen LogP contribution in [0.3, 0.4) is 0 Å². The van der Waals surface area contributed by atoms with Gasteiger partial charge in [-0.1, -0.05) is 36.4 Å². The second-order valence-electron chi connectivity index (χ2n) is 3.88. The van der Waals surface area contributed by atoms with Gasteiger partial charge in [-0.25, -0.2) is 4.79 Å². The minimum absolute atomic E-state index is 0.0931. The fraction of sp³-hybridized carbons (Fsp3) is 0.308. The highest BCUT2D eigenvalue weighted by Crippen LogP contribution is 2.37. The Bertz CT molecular complexity index is 491. The van der Waals surface area contributed by atoms with E-state index in [9.17, 15) is 26.7 Å². The van der Waals surface area contributed by atoms with E-state index in [0.29, 0.717) is 5.56 Å². The number of carbonyl (C=O) groups is 1. The van der Waals surface area contributed by atoms with Crippen LogP contribution < -0.4 is 0 Å². The molecule has 2 nitrogen and oxygen atoms in total. The van der Waals surface area contributed by atoms with Gasteiger partial charge in [0.25, 0.3) is 0 Å². The lowest BCUT2D eigenvalue weighted by atomic mass is 10.1. The lowest BCUT2D eigenvalue weighted by molar-refractivity contribution is -0.375. The topological polar surface area (TPSA) is 26.3 Å². The first-order valence-electron chi connectivity index (χ1n) is 5.54. The smallest absolute Gasteiger partial charge is 0.390 e. The summed E-state index contributed by atoms with van der Waals surface area (Å²) in [5, 5.41) is 0. The van der Waals surface area contributed by atoms with E-state index < -0.39 is 18.3 Å². The number of hydrogen-bond donors (Lipinski definition) is 0. The van der Waals surface area contributed by atoms with Crippen molar-refractivity contribution in [2.24, 2.45) is 0 Å². The summed E-state index contributed by atoms with van der Waals surface area (Å²) < 4.78 is 64.3. The van der Waals surface area contributed by atoms with Crippen LogP contribution in [0.5, 0.6) is 0 Å². The summed E-state index contributed by atoms with van der Waals surface area (Å²) in [6.45, 7) is 1.35. The first kappa shape index (κ1) is 16.1. The first-order valence-corrected chi connectivity index (χ1v) is 5.54. The highest BCUT2D eigenvalue weighted by Gasteiger charge is 2.62. The summed E-state index contributed by atoms with van der Waals surface area (Å²) in [4.78, 5) is 11.4. The number of rotatable bonds is 4. The van der Waals surface area contributed by atoms with Gasteiger partial charge in [-0.3, -0.25) is 0 Å². The summed E-state index contributed by atoms with van der Waals surface area (Å²) >= 11 is 0. The molecule has 0 N–H and O–H groups in total. The van der Waals surface area contributed by atoms with Crippen LogP contribution in [-0.4, -0.2) is 18.3 Å². The summed E-state index contributed by atoms with van der Waals surface area (Å²) in [6.07, 6.45) is -10.4. The minimum Gasteiger partial charge on any atom is -0.390 e. The third-order valence-electron chi connectivity index (χ3n) is 2.40. The lowest BCUT2D eigenvalue weighted by Crippen LogP contribution is -2.41. The van der Waals surface area contributed by atoms with E-state index in [-0.39, 0.29) is 12.0 Å². The van der Waals surface area contributed by atoms with Crippen LogP contribution >= 0.6 is 0 Å². The Balaban J connectivity index is 2.80. The Kier molecular flexibility index (Phi) is 4.86. The van der Waals surface area contributed by atoms with Gasteiger partial charge in [0, 0.05) is 12.0 Å². The molecule has 0 saturated carbocycles. The quantitative estimate of drug-likeness (QED) is 0.478. The molecule has 20 heavy (non-hydrogen) atoms. The first-order chi connectivity index (χ1) is 9.17. The number of halogens is 5. The second kappa shape index (κ2) is 6.02. The Morgan fingerprint density at radius 1 is 1.15 bits per heavy atom. The molecule has 1 rings (SSSR count). The highest BCUT2D eigenvalue weighted by molar-refractivity contribution is 5.89. The third-order valence-corrected chi connectivity index (χ3v) is 2.40. The number of benzene rings is 1. The van der Waals surface area contributed by atoms with E-state index in [4.69, 9.17) is 0 Å². The van der Waals surface area contributed by atoms with E-state index in [0.717, 1.165) is 6.08 Å². The molecule has 0 atom stereocenters. The Labute approximate surface area is 111 Å². The predicted molar refractivity (Wildman–Crippen MR) is 61.0 cm³/mol. The van der Waals surface area contributed by atoms with Crippen LogP contribution in [0.4, 0.5) is 22.0 Å². The number of allylic oxidation sites excluding steroid dienone is 1. The second-order valence-corrected chi connectivity index (χ2v) is 3.88. The van der Waals surface area contributed by atoms with Crippen molar-refractivity contribution in [3.05, 3.63) is 47.5 Å². The zero-order chi connectivity index (χ0) is 15.4. The molecular formula is C13H11F5O2. The van der Waals surface area contributed by atoms with Crippen LogP contribution in [0.15, 0.2) is 42.0 Å². The molecule has 7 heteroatoms. The van der Waals surface area contributed by atoms with E-state index >= 15 is 0 Å². The van der Waals surface area contributed by atoms with Gasteiger partial charge in [0.1, 0.15) is 0 Å². The Morgan fingerprint density at radius 2 is 1.70 bits per heavy atom. The summed E-state index contributed by atoms with van der Waals surface area (Å²) in [6, 6.07) is 8.23. The fourth-order valence-electron chi connectivity index (χ4n) is 1.35. The number of carbonyl (C=O) groups excluding carboxylic acids is 1. The lowest BCUT2D eigenvalue weighted by Gasteiger charge is -2.19. The van der Waals surface area contributed by atoms with E-state index in [2.05, 4.69) is 4.74 Å². The van der Waals surface area contributed by atoms with E-state index in [1.807, 2.05) is 0 Å². The van der Waals surface area contributed by atoms with Crippen molar-refractivity contribution >= 4 is 5.97 Å². The number of ether oxygens (including phenoxy) is 1. The molecule has 0 radical (unpaired) electrons. The molecule has 0 heterocycles. The fourth-order valence-corrected chi connectivity index (χ4v) is 1.35. The Hall–Kier alpha value is -1.92. The molecule has 110 valence electrons. The maximum Gasteiger partial charge on any atom is 0.501 e. The molecule has 1 aromatic carbocycles. The van der Waals surface area contributed by atoms with Gasteiger partial charge in [-0.2, -0.15) is 22.0 Å². The van der Waals surface area contributed by atoms with Crippen LogP contribution in [0.2, 0.25) is 0 Å². The van der Waals surface area contributed by atoms with E-state index in [1.54, 1.807) is 30.3 Å². The molecule has 0 aliphatic heterocycles. The van der Waals surface area contributed by atoms with Gasteiger partial charge in [-0.05, 0) is 12.5 Å². The van der Waals surface area contributed by atoms with Gasteiger partial charge >= 0.3 is 18.3 Å². The summed E-state index contributed by atoms with van der Waals surface area (Å²) in [5.41, 5.74) is 0.313.